The number of nitrogens with zero attached hydrogens (tertiary/aromatic N) is 4. The summed E-state index contributed by atoms with van der Waals surface area (Å²) in [5, 5.41) is 7.09. The highest BCUT2D eigenvalue weighted by Gasteiger charge is 2.13. The first-order chi connectivity index (χ1) is 13.6. The van der Waals surface area contributed by atoms with Crippen LogP contribution in [0.15, 0.2) is 41.6 Å². The van der Waals surface area contributed by atoms with E-state index in [-0.39, 0.29) is 17.9 Å². The number of aromatic amines is 1. The Balaban J connectivity index is 1.65. The van der Waals surface area contributed by atoms with E-state index >= 15 is 0 Å². The largest absolute Gasteiger partial charge is 0.311 e. The minimum atomic E-state index is -0.222. The number of nitrogens with one attached hydrogen (secondary N) is 2. The second-order valence-corrected chi connectivity index (χ2v) is 6.56. The zero-order valence-corrected chi connectivity index (χ0v) is 16.1. The van der Waals surface area contributed by atoms with Crippen LogP contribution in [0.2, 0.25) is 0 Å². The van der Waals surface area contributed by atoms with Crippen molar-refractivity contribution in [2.75, 3.05) is 5.32 Å². The molecule has 146 valence electrons. The third-order valence-corrected chi connectivity index (χ3v) is 4.49. The van der Waals surface area contributed by atoms with Crippen LogP contribution in [-0.4, -0.2) is 30.6 Å². The van der Waals surface area contributed by atoms with Gasteiger partial charge in [0.1, 0.15) is 11.6 Å². The van der Waals surface area contributed by atoms with Crippen LogP contribution in [0.3, 0.4) is 0 Å². The van der Waals surface area contributed by atoms with Crippen molar-refractivity contribution in [3.05, 3.63) is 58.4 Å². The van der Waals surface area contributed by atoms with Crippen LogP contribution in [0.1, 0.15) is 37.4 Å². The highest BCUT2D eigenvalue weighted by Crippen LogP contribution is 2.14. The lowest BCUT2D eigenvalue weighted by Crippen LogP contribution is -2.21. The van der Waals surface area contributed by atoms with E-state index in [4.69, 9.17) is 0 Å². The lowest BCUT2D eigenvalue weighted by atomic mass is 10.1. The zero-order chi connectivity index (χ0) is 19.9. The summed E-state index contributed by atoms with van der Waals surface area (Å²) in [6, 6.07) is 5.34. The van der Waals surface area contributed by atoms with Gasteiger partial charge in [0.15, 0.2) is 0 Å². The van der Waals surface area contributed by atoms with Gasteiger partial charge in [-0.05, 0) is 31.9 Å². The van der Waals surface area contributed by atoms with Crippen molar-refractivity contribution < 1.29 is 4.79 Å². The topological polar surface area (TPSA) is 106 Å². The van der Waals surface area contributed by atoms with Gasteiger partial charge < -0.3 is 10.3 Å². The fourth-order valence-corrected chi connectivity index (χ4v) is 2.92. The average Bonchev–Trinajstić information content (AvgIpc) is 3.13. The quantitative estimate of drug-likeness (QED) is 0.625. The highest BCUT2D eigenvalue weighted by molar-refractivity contribution is 5.89. The Labute approximate surface area is 163 Å². The van der Waals surface area contributed by atoms with Gasteiger partial charge in [-0.15, -0.1) is 0 Å². The minimum Gasteiger partial charge on any atom is -0.311 e. The van der Waals surface area contributed by atoms with E-state index in [1.165, 1.54) is 0 Å². The number of H-pyrrole nitrogens is 1. The molecule has 0 bridgehead atoms. The van der Waals surface area contributed by atoms with E-state index in [1.54, 1.807) is 48.4 Å². The highest BCUT2D eigenvalue weighted by atomic mass is 16.1. The molecule has 0 saturated heterocycles. The van der Waals surface area contributed by atoms with E-state index in [9.17, 15) is 9.59 Å². The molecule has 0 spiro atoms. The van der Waals surface area contributed by atoms with Gasteiger partial charge in [0, 0.05) is 48.2 Å². The Bertz CT molecular complexity index is 993. The van der Waals surface area contributed by atoms with Crippen molar-refractivity contribution in [1.82, 2.24) is 24.7 Å². The van der Waals surface area contributed by atoms with Crippen molar-refractivity contribution in [3.63, 3.8) is 0 Å². The van der Waals surface area contributed by atoms with Crippen molar-refractivity contribution in [2.45, 2.75) is 46.1 Å². The maximum absolute atomic E-state index is 12.5. The fraction of sp³-hybridized carbons (Fsp3) is 0.350. The summed E-state index contributed by atoms with van der Waals surface area (Å²) < 4.78 is 1.78. The molecule has 0 fully saturated rings. The zero-order valence-electron chi connectivity index (χ0n) is 16.1. The molecule has 0 aliphatic heterocycles. The third kappa shape index (κ3) is 4.70. The molecular formula is C20H24N6O2. The first-order valence-electron chi connectivity index (χ1n) is 9.40. The number of rotatable bonds is 8. The Morgan fingerprint density at radius 1 is 1.21 bits per heavy atom. The minimum absolute atomic E-state index is 0.157. The Hall–Kier alpha value is -3.29. The number of hydrogen-bond acceptors (Lipinski definition) is 5. The molecule has 8 nitrogen and oxygen atoms in total. The lowest BCUT2D eigenvalue weighted by Gasteiger charge is -2.09. The Morgan fingerprint density at radius 2 is 2.00 bits per heavy atom. The predicted molar refractivity (Wildman–Crippen MR) is 107 cm³/mol. The van der Waals surface area contributed by atoms with E-state index < -0.39 is 0 Å². The van der Waals surface area contributed by atoms with E-state index in [0.717, 1.165) is 24.9 Å². The molecule has 3 heterocycles. The van der Waals surface area contributed by atoms with Crippen LogP contribution in [-0.2, 0) is 17.8 Å². The number of unbranched alkanes of at least 4 members (excludes halogenated alkanes) is 1. The van der Waals surface area contributed by atoms with Gasteiger partial charge in [-0.25, -0.2) is 9.67 Å². The second-order valence-electron chi connectivity index (χ2n) is 6.56. The van der Waals surface area contributed by atoms with Gasteiger partial charge in [0.05, 0.1) is 6.20 Å². The molecule has 3 rings (SSSR count). The summed E-state index contributed by atoms with van der Waals surface area (Å²) in [5.74, 6) is 1.02. The molecule has 0 aromatic carbocycles. The third-order valence-electron chi connectivity index (χ3n) is 4.49. The summed E-state index contributed by atoms with van der Waals surface area (Å²) in [5.41, 5.74) is 1.71. The van der Waals surface area contributed by atoms with Crippen LogP contribution in [0.5, 0.6) is 0 Å². The summed E-state index contributed by atoms with van der Waals surface area (Å²) in [7, 11) is 0. The van der Waals surface area contributed by atoms with Gasteiger partial charge in [0.2, 0.25) is 5.91 Å². The van der Waals surface area contributed by atoms with Crippen LogP contribution in [0.25, 0.3) is 11.4 Å². The standard InChI is InChI=1S/C20H24N6O2/c1-3-4-13-26-17(9-12-22-26)24-18(27)6-5-16-14(2)23-19(25-20(16)28)15-7-10-21-11-8-15/h7-12H,3-6,13H2,1-2H3,(H,24,27)(H,23,25,28). The molecule has 3 aromatic rings. The molecule has 0 aliphatic rings. The van der Waals surface area contributed by atoms with Crippen LogP contribution in [0, 0.1) is 6.92 Å². The average molecular weight is 380 g/mol. The molecule has 0 radical (unpaired) electrons. The summed E-state index contributed by atoms with van der Waals surface area (Å²) in [6.45, 7) is 4.65. The molecular weight excluding hydrogens is 356 g/mol. The molecule has 1 amide bonds. The van der Waals surface area contributed by atoms with Gasteiger partial charge in [-0.3, -0.25) is 14.6 Å². The maximum Gasteiger partial charge on any atom is 0.254 e. The summed E-state index contributed by atoms with van der Waals surface area (Å²) in [4.78, 5) is 36.0. The maximum atomic E-state index is 12.5. The van der Waals surface area contributed by atoms with Gasteiger partial charge >= 0.3 is 0 Å². The van der Waals surface area contributed by atoms with E-state index in [2.05, 4.69) is 32.3 Å². The Morgan fingerprint density at radius 3 is 2.71 bits per heavy atom. The summed E-state index contributed by atoms with van der Waals surface area (Å²) in [6.07, 6.45) is 7.52. The number of amides is 1. The lowest BCUT2D eigenvalue weighted by molar-refractivity contribution is -0.116. The molecule has 0 saturated carbocycles. The SMILES string of the molecule is CCCCn1nccc1NC(=O)CCc1c(C)nc(-c2ccncc2)[nH]c1=O. The molecule has 0 atom stereocenters. The van der Waals surface area contributed by atoms with Gasteiger partial charge in [-0.2, -0.15) is 5.10 Å². The number of carbonyl (C=O) groups excluding carboxylic acids is 1. The molecule has 3 aromatic heterocycles. The van der Waals surface area contributed by atoms with Gasteiger partial charge in [0.25, 0.3) is 5.56 Å². The number of carbonyl (C=O) groups is 1. The smallest absolute Gasteiger partial charge is 0.254 e. The van der Waals surface area contributed by atoms with E-state index in [0.29, 0.717) is 29.3 Å². The fourth-order valence-electron chi connectivity index (χ4n) is 2.92. The number of pyridine rings is 1. The predicted octanol–water partition coefficient (Wildman–Crippen LogP) is 2.71. The van der Waals surface area contributed by atoms with E-state index in [1.807, 2.05) is 0 Å². The second kappa shape index (κ2) is 9.07. The molecule has 0 aliphatic carbocycles. The van der Waals surface area contributed by atoms with Crippen LogP contribution < -0.4 is 10.9 Å². The summed E-state index contributed by atoms with van der Waals surface area (Å²) >= 11 is 0. The molecule has 28 heavy (non-hydrogen) atoms. The van der Waals surface area contributed by atoms with Gasteiger partial charge in [-0.1, -0.05) is 13.3 Å². The number of hydrogen-bond donors (Lipinski definition) is 2. The molecule has 2 N–H and O–H groups in total. The van der Waals surface area contributed by atoms with Crippen molar-refractivity contribution in [2.24, 2.45) is 0 Å². The Kier molecular flexibility index (Phi) is 6.31. The number of aromatic nitrogens is 5. The normalized spacial score (nSPS) is 10.8. The van der Waals surface area contributed by atoms with Crippen molar-refractivity contribution in [1.29, 1.82) is 0 Å². The number of aryl methyl sites for hydroxylation is 2. The first-order valence-corrected chi connectivity index (χ1v) is 9.40. The van der Waals surface area contributed by atoms with Crippen molar-refractivity contribution in [3.8, 4) is 11.4 Å². The number of anilines is 1. The molecule has 0 unspecified atom stereocenters. The van der Waals surface area contributed by atoms with Crippen LogP contribution in [0.4, 0.5) is 5.82 Å². The van der Waals surface area contributed by atoms with Crippen molar-refractivity contribution >= 4 is 11.7 Å². The van der Waals surface area contributed by atoms with Crippen LogP contribution >= 0.6 is 0 Å². The monoisotopic (exact) mass is 380 g/mol. The first kappa shape index (κ1) is 19.5. The molecule has 8 heteroatoms.